The topological polar surface area (TPSA) is 95.6 Å². The predicted molar refractivity (Wildman–Crippen MR) is 120 cm³/mol. The number of piperidine rings is 1. The Balaban J connectivity index is 1.45. The minimum absolute atomic E-state index is 0.0704. The van der Waals surface area contributed by atoms with E-state index in [2.05, 4.69) is 10.6 Å². The molecule has 34 heavy (non-hydrogen) atoms. The van der Waals surface area contributed by atoms with Crippen molar-refractivity contribution in [2.75, 3.05) is 0 Å². The van der Waals surface area contributed by atoms with Crippen LogP contribution in [0.2, 0.25) is 5.02 Å². The van der Waals surface area contributed by atoms with Gasteiger partial charge in [0.25, 0.3) is 11.8 Å². The van der Waals surface area contributed by atoms with Crippen molar-refractivity contribution in [3.05, 3.63) is 57.6 Å². The molecule has 2 aromatic carbocycles. The van der Waals surface area contributed by atoms with Crippen LogP contribution in [0.25, 0.3) is 0 Å². The zero-order valence-corrected chi connectivity index (χ0v) is 18.4. The molecule has 2 aromatic rings. The Labute approximate surface area is 201 Å². The van der Waals surface area contributed by atoms with Crippen LogP contribution >= 0.6 is 11.6 Å². The summed E-state index contributed by atoms with van der Waals surface area (Å²) in [6, 6.07) is 5.67. The van der Waals surface area contributed by atoms with Crippen molar-refractivity contribution in [1.82, 2.24) is 15.5 Å². The van der Waals surface area contributed by atoms with Crippen LogP contribution in [0.1, 0.15) is 39.9 Å². The molecule has 2 heterocycles. The Morgan fingerprint density at radius 3 is 2.50 bits per heavy atom. The molecular weight excluding hydrogens is 465 g/mol. The van der Waals surface area contributed by atoms with Gasteiger partial charge in [-0.05, 0) is 23.6 Å². The molecule has 7 nitrogen and oxygen atoms in total. The molecule has 4 amide bonds. The van der Waals surface area contributed by atoms with Gasteiger partial charge in [-0.2, -0.15) is 8.78 Å². The van der Waals surface area contributed by atoms with Gasteiger partial charge in [0.05, 0.1) is 0 Å². The fraction of sp³-hybridized carbons (Fsp3) is 0.273. The largest absolute Gasteiger partial charge is 0.349 e. The van der Waals surface area contributed by atoms with Crippen LogP contribution in [-0.2, 0) is 33.4 Å². The molecule has 0 bridgehead atoms. The van der Waals surface area contributed by atoms with E-state index >= 15 is 0 Å². The summed E-state index contributed by atoms with van der Waals surface area (Å²) in [6.07, 6.45) is 0.356. The molecule has 2 aliphatic heterocycles. The van der Waals surface area contributed by atoms with E-state index in [1.165, 1.54) is 17.0 Å². The van der Waals surface area contributed by atoms with Gasteiger partial charge in [0.15, 0.2) is 0 Å². The van der Waals surface area contributed by atoms with Gasteiger partial charge in [0, 0.05) is 35.7 Å². The lowest BCUT2D eigenvalue weighted by Crippen LogP contribution is -2.52. The first kappa shape index (κ1) is 23.9. The average molecular weight is 481 g/mol. The molecule has 0 saturated carbocycles. The van der Waals surface area contributed by atoms with Gasteiger partial charge in [-0.1, -0.05) is 46.8 Å². The SMILES string of the molecule is [B]c1cc(C(F)(F)C(=O)NCc2ccc3c(c2)CN(C2CCC(=O)NC2=O)C3=O)cc([B])c1Cl. The third kappa shape index (κ3) is 4.32. The summed E-state index contributed by atoms with van der Waals surface area (Å²) in [5, 5.41) is 4.33. The molecule has 0 aliphatic carbocycles. The molecule has 12 heteroatoms. The Bertz CT molecular complexity index is 1220. The van der Waals surface area contributed by atoms with E-state index in [9.17, 15) is 28.0 Å². The van der Waals surface area contributed by atoms with E-state index in [1.54, 1.807) is 6.07 Å². The summed E-state index contributed by atoms with van der Waals surface area (Å²) >= 11 is 5.79. The van der Waals surface area contributed by atoms with Gasteiger partial charge in [-0.15, -0.1) is 0 Å². The Morgan fingerprint density at radius 2 is 1.85 bits per heavy atom. The summed E-state index contributed by atoms with van der Waals surface area (Å²) in [5.41, 5.74) is 0.407. The lowest BCUT2D eigenvalue weighted by molar-refractivity contribution is -0.147. The van der Waals surface area contributed by atoms with Crippen LogP contribution in [0.15, 0.2) is 30.3 Å². The van der Waals surface area contributed by atoms with Gasteiger partial charge >= 0.3 is 5.92 Å². The van der Waals surface area contributed by atoms with E-state index in [0.717, 1.165) is 12.1 Å². The zero-order valence-electron chi connectivity index (χ0n) is 17.7. The molecule has 1 fully saturated rings. The number of carbonyl (C=O) groups excluding carboxylic acids is 4. The summed E-state index contributed by atoms with van der Waals surface area (Å²) < 4.78 is 29.3. The van der Waals surface area contributed by atoms with E-state index in [1.807, 2.05) is 0 Å². The van der Waals surface area contributed by atoms with Gasteiger partial charge in [0.2, 0.25) is 11.8 Å². The minimum Gasteiger partial charge on any atom is -0.346 e. The van der Waals surface area contributed by atoms with Crippen molar-refractivity contribution < 1.29 is 28.0 Å². The van der Waals surface area contributed by atoms with Gasteiger partial charge < -0.3 is 10.2 Å². The Morgan fingerprint density at radius 1 is 1.18 bits per heavy atom. The third-order valence-corrected chi connectivity index (χ3v) is 6.25. The van der Waals surface area contributed by atoms with E-state index in [-0.39, 0.29) is 53.7 Å². The van der Waals surface area contributed by atoms with Crippen molar-refractivity contribution in [1.29, 1.82) is 0 Å². The van der Waals surface area contributed by atoms with E-state index < -0.39 is 29.3 Å². The second-order valence-corrected chi connectivity index (χ2v) is 8.50. The van der Waals surface area contributed by atoms with Gasteiger partial charge in [-0.25, -0.2) is 0 Å². The van der Waals surface area contributed by atoms with E-state index in [4.69, 9.17) is 27.3 Å². The monoisotopic (exact) mass is 481 g/mol. The Kier molecular flexibility index (Phi) is 6.24. The second-order valence-electron chi connectivity index (χ2n) is 8.12. The molecule has 4 rings (SSSR count). The first-order valence-corrected chi connectivity index (χ1v) is 10.6. The molecular formula is C22H16B2ClF2N3O4. The Hall–Kier alpha value is -3.20. The van der Waals surface area contributed by atoms with E-state index in [0.29, 0.717) is 16.7 Å². The lowest BCUT2D eigenvalue weighted by Gasteiger charge is -2.29. The van der Waals surface area contributed by atoms with Crippen LogP contribution in [0.4, 0.5) is 8.78 Å². The third-order valence-electron chi connectivity index (χ3n) is 5.82. The van der Waals surface area contributed by atoms with Crippen molar-refractivity contribution in [3.63, 3.8) is 0 Å². The number of imide groups is 1. The maximum Gasteiger partial charge on any atom is 0.349 e. The highest BCUT2D eigenvalue weighted by atomic mass is 35.5. The highest BCUT2D eigenvalue weighted by Gasteiger charge is 2.41. The van der Waals surface area contributed by atoms with Crippen LogP contribution in [-0.4, -0.2) is 50.3 Å². The second kappa shape index (κ2) is 8.87. The number of amides is 4. The summed E-state index contributed by atoms with van der Waals surface area (Å²) in [4.78, 5) is 49.9. The zero-order chi connectivity index (χ0) is 24.8. The smallest absolute Gasteiger partial charge is 0.346 e. The highest BCUT2D eigenvalue weighted by Crippen LogP contribution is 2.30. The fourth-order valence-electron chi connectivity index (χ4n) is 4.01. The number of fused-ring (bicyclic) bond motifs is 1. The molecule has 170 valence electrons. The number of hydrogen-bond donors (Lipinski definition) is 2. The number of rotatable bonds is 5. The quantitative estimate of drug-likeness (QED) is 0.468. The summed E-state index contributed by atoms with van der Waals surface area (Å²) in [7, 11) is 11.2. The lowest BCUT2D eigenvalue weighted by atomic mass is 9.84. The fourth-order valence-corrected chi connectivity index (χ4v) is 4.12. The molecule has 2 aliphatic rings. The molecule has 1 unspecified atom stereocenters. The van der Waals surface area contributed by atoms with Crippen LogP contribution in [0.5, 0.6) is 0 Å². The number of benzene rings is 2. The summed E-state index contributed by atoms with van der Waals surface area (Å²) in [5.74, 6) is -6.75. The average Bonchev–Trinajstić information content (AvgIpc) is 3.10. The first-order chi connectivity index (χ1) is 16.0. The minimum atomic E-state index is -3.91. The number of hydrogen-bond acceptors (Lipinski definition) is 4. The maximum atomic E-state index is 14.7. The first-order valence-electron chi connectivity index (χ1n) is 10.3. The normalized spacial score (nSPS) is 18.0. The standard InChI is InChI=1S/C22H16B2ClF2N3O4/c23-14-6-12(7-15(24)18(14)25)22(26,27)21(34)28-8-10-1-2-13-11(5-10)9-30(20(13)33)16-3-4-17(31)29-19(16)32/h1-2,5-7,16H,3-4,8-9H2,(H,28,34)(H,29,31,32). The number of carbonyl (C=O) groups is 4. The van der Waals surface area contributed by atoms with Crippen LogP contribution in [0.3, 0.4) is 0 Å². The highest BCUT2D eigenvalue weighted by molar-refractivity contribution is 6.52. The number of halogens is 3. The van der Waals surface area contributed by atoms with Gasteiger partial charge in [-0.3, -0.25) is 24.5 Å². The molecule has 1 atom stereocenters. The molecule has 2 N–H and O–H groups in total. The van der Waals surface area contributed by atoms with Crippen molar-refractivity contribution in [2.45, 2.75) is 37.9 Å². The maximum absolute atomic E-state index is 14.7. The molecule has 0 aromatic heterocycles. The van der Waals surface area contributed by atoms with Gasteiger partial charge in [0.1, 0.15) is 21.7 Å². The molecule has 4 radical (unpaired) electrons. The van der Waals surface area contributed by atoms with Crippen molar-refractivity contribution in [2.24, 2.45) is 0 Å². The van der Waals surface area contributed by atoms with Crippen molar-refractivity contribution in [3.8, 4) is 0 Å². The molecule has 1 saturated heterocycles. The number of alkyl halides is 2. The molecule has 0 spiro atoms. The predicted octanol–water partition coefficient (Wildman–Crippen LogP) is 0.0968. The summed E-state index contributed by atoms with van der Waals surface area (Å²) in [6.45, 7) is -0.103. The van der Waals surface area contributed by atoms with Crippen LogP contribution in [0, 0.1) is 0 Å². The number of nitrogens with zero attached hydrogens (tertiary/aromatic N) is 1. The number of nitrogens with one attached hydrogen (secondary N) is 2. The van der Waals surface area contributed by atoms with Crippen LogP contribution < -0.4 is 21.6 Å². The van der Waals surface area contributed by atoms with Crippen molar-refractivity contribution >= 4 is 61.8 Å².